The van der Waals surface area contributed by atoms with Crippen LogP contribution < -0.4 is 0 Å². The summed E-state index contributed by atoms with van der Waals surface area (Å²) in [5.41, 5.74) is 0. The lowest BCUT2D eigenvalue weighted by atomic mass is 10.0. The molecule has 128 valence electrons. The van der Waals surface area contributed by atoms with Crippen LogP contribution in [-0.2, 0) is 13.6 Å². The van der Waals surface area contributed by atoms with Crippen molar-refractivity contribution in [1.82, 2.24) is 0 Å². The largest absolute Gasteiger partial charge is 0.455 e. The van der Waals surface area contributed by atoms with Crippen LogP contribution in [-0.4, -0.2) is 42.6 Å². The Morgan fingerprint density at radius 3 is 2.36 bits per heavy atom. The molecule has 1 heterocycles. The summed E-state index contributed by atoms with van der Waals surface area (Å²) in [5.74, 6) is 1.03. The predicted molar refractivity (Wildman–Crippen MR) is 95.3 cm³/mol. The lowest BCUT2D eigenvalue weighted by Gasteiger charge is -2.45. The molecule has 0 aromatic carbocycles. The van der Waals surface area contributed by atoms with Crippen molar-refractivity contribution in [2.24, 2.45) is 5.92 Å². The van der Waals surface area contributed by atoms with Gasteiger partial charge in [-0.2, -0.15) is 0 Å². The van der Waals surface area contributed by atoms with Crippen LogP contribution in [0, 0.1) is 5.92 Å². The Morgan fingerprint density at radius 1 is 1.14 bits per heavy atom. The van der Waals surface area contributed by atoms with Gasteiger partial charge in [0.15, 0.2) is 16.6 Å². The first-order chi connectivity index (χ1) is 10.3. The Bertz CT molecular complexity index is 385. The fourth-order valence-electron chi connectivity index (χ4n) is 4.87. The molecule has 0 amide bonds. The molecule has 22 heavy (non-hydrogen) atoms. The van der Waals surface area contributed by atoms with Gasteiger partial charge in [0.25, 0.3) is 0 Å². The molecule has 1 unspecified atom stereocenters. The van der Waals surface area contributed by atoms with E-state index in [1.165, 1.54) is 38.1 Å². The van der Waals surface area contributed by atoms with E-state index in [4.69, 9.17) is 13.6 Å². The summed E-state index contributed by atoms with van der Waals surface area (Å²) in [6.07, 6.45) is 8.85. The summed E-state index contributed by atoms with van der Waals surface area (Å²) < 4.78 is 17.8. The van der Waals surface area contributed by atoms with Gasteiger partial charge in [-0.25, -0.2) is 0 Å². The minimum absolute atomic E-state index is 0.393. The van der Waals surface area contributed by atoms with Crippen LogP contribution in [0.2, 0.25) is 37.3 Å². The summed E-state index contributed by atoms with van der Waals surface area (Å²) in [6, 6.07) is 1.23. The monoisotopic (exact) mass is 342 g/mol. The van der Waals surface area contributed by atoms with Crippen molar-refractivity contribution in [1.29, 1.82) is 0 Å². The summed E-state index contributed by atoms with van der Waals surface area (Å²) >= 11 is 0. The van der Waals surface area contributed by atoms with Crippen molar-refractivity contribution in [2.75, 3.05) is 19.8 Å². The van der Waals surface area contributed by atoms with Crippen molar-refractivity contribution >= 4 is 16.6 Å². The summed E-state index contributed by atoms with van der Waals surface area (Å²) in [7, 11) is -3.15. The highest BCUT2D eigenvalue weighted by atomic mass is 28.4. The fourth-order valence-corrected chi connectivity index (χ4v) is 14.9. The quantitative estimate of drug-likeness (QED) is 0.350. The van der Waals surface area contributed by atoms with Crippen molar-refractivity contribution in [2.45, 2.75) is 81.9 Å². The second-order valence-electron chi connectivity index (χ2n) is 8.93. The molecule has 3 aliphatic rings. The maximum Gasteiger partial charge on any atom is 0.179 e. The van der Waals surface area contributed by atoms with E-state index in [-0.39, 0.29) is 0 Å². The Balaban J connectivity index is 1.44. The molecule has 1 atom stereocenters. The predicted octanol–water partition coefficient (Wildman–Crippen LogP) is 4.55. The number of rotatable bonds is 9. The van der Waals surface area contributed by atoms with Gasteiger partial charge in [-0.05, 0) is 68.9 Å². The van der Waals surface area contributed by atoms with Crippen LogP contribution in [0.1, 0.15) is 38.5 Å². The van der Waals surface area contributed by atoms with Crippen molar-refractivity contribution < 1.29 is 13.6 Å². The molecule has 0 aromatic heterocycles. The number of hydrogen-bond donors (Lipinski definition) is 0. The standard InChI is InChI=1S/C17H34O3Si2/c1-21(2,11-5-10-18-13-16-14-19-16)20-22(3,4)17-8-6-15(12-17)7-9-17/h15-16H,5-14H2,1-4H3. The summed E-state index contributed by atoms with van der Waals surface area (Å²) in [6.45, 7) is 12.4. The SMILES string of the molecule is C[Si](C)(CCCOCC1CO1)O[Si](C)(C)C12CCC(CC1)C2. The Hall–Kier alpha value is 0.314. The highest BCUT2D eigenvalue weighted by Gasteiger charge is 2.57. The first kappa shape index (κ1) is 17.1. The van der Waals surface area contributed by atoms with E-state index in [0.29, 0.717) is 11.1 Å². The molecule has 2 aliphatic carbocycles. The molecular formula is C17H34O3Si2. The first-order valence-corrected chi connectivity index (χ1v) is 15.2. The van der Waals surface area contributed by atoms with Crippen molar-refractivity contribution in [3.63, 3.8) is 0 Å². The van der Waals surface area contributed by atoms with E-state index in [1.807, 2.05) is 0 Å². The van der Waals surface area contributed by atoms with E-state index in [1.54, 1.807) is 0 Å². The zero-order valence-electron chi connectivity index (χ0n) is 15.0. The minimum atomic E-state index is -1.59. The number of fused-ring (bicyclic) bond motifs is 2. The van der Waals surface area contributed by atoms with Gasteiger partial charge in [-0.1, -0.05) is 12.8 Å². The van der Waals surface area contributed by atoms with Gasteiger partial charge in [-0.15, -0.1) is 0 Å². The van der Waals surface area contributed by atoms with Crippen LogP contribution in [0.15, 0.2) is 0 Å². The molecule has 0 spiro atoms. The Kier molecular flexibility index (Phi) is 4.92. The van der Waals surface area contributed by atoms with Gasteiger partial charge < -0.3 is 13.6 Å². The second kappa shape index (κ2) is 6.32. The molecule has 1 aliphatic heterocycles. The van der Waals surface area contributed by atoms with Gasteiger partial charge in [0.05, 0.1) is 13.2 Å². The number of epoxide rings is 1. The molecule has 2 saturated carbocycles. The first-order valence-electron chi connectivity index (χ1n) is 9.22. The van der Waals surface area contributed by atoms with Gasteiger partial charge in [-0.3, -0.25) is 0 Å². The third-order valence-electron chi connectivity index (χ3n) is 6.32. The minimum Gasteiger partial charge on any atom is -0.455 e. The molecular weight excluding hydrogens is 308 g/mol. The zero-order chi connectivity index (χ0) is 15.8. The van der Waals surface area contributed by atoms with E-state index >= 15 is 0 Å². The normalized spacial score (nSPS) is 34.4. The van der Waals surface area contributed by atoms with Crippen LogP contribution in [0.5, 0.6) is 0 Å². The van der Waals surface area contributed by atoms with E-state index < -0.39 is 16.6 Å². The van der Waals surface area contributed by atoms with Crippen LogP contribution in [0.25, 0.3) is 0 Å². The third kappa shape index (κ3) is 3.86. The maximum absolute atomic E-state index is 6.97. The van der Waals surface area contributed by atoms with E-state index in [0.717, 1.165) is 32.2 Å². The number of hydrogen-bond acceptors (Lipinski definition) is 3. The zero-order valence-corrected chi connectivity index (χ0v) is 17.0. The van der Waals surface area contributed by atoms with Gasteiger partial charge >= 0.3 is 0 Å². The van der Waals surface area contributed by atoms with Crippen molar-refractivity contribution in [3.8, 4) is 0 Å². The highest BCUT2D eigenvalue weighted by molar-refractivity contribution is 6.86. The molecule has 0 radical (unpaired) electrons. The highest BCUT2D eigenvalue weighted by Crippen LogP contribution is 2.64. The lowest BCUT2D eigenvalue weighted by Crippen LogP contribution is -2.51. The second-order valence-corrected chi connectivity index (χ2v) is 17.9. The van der Waals surface area contributed by atoms with Gasteiger partial charge in [0.2, 0.25) is 0 Å². The molecule has 3 nitrogen and oxygen atoms in total. The van der Waals surface area contributed by atoms with Gasteiger partial charge in [0.1, 0.15) is 6.10 Å². The molecule has 3 rings (SSSR count). The summed E-state index contributed by atoms with van der Waals surface area (Å²) in [4.78, 5) is 0. The molecule has 3 fully saturated rings. The Morgan fingerprint density at radius 2 is 1.82 bits per heavy atom. The topological polar surface area (TPSA) is 31.0 Å². The molecule has 0 aromatic rings. The van der Waals surface area contributed by atoms with E-state index in [2.05, 4.69) is 26.2 Å². The third-order valence-corrected chi connectivity index (χ3v) is 15.4. The van der Waals surface area contributed by atoms with Crippen LogP contribution in [0.3, 0.4) is 0 Å². The molecule has 1 saturated heterocycles. The smallest absolute Gasteiger partial charge is 0.179 e. The fraction of sp³-hybridized carbons (Fsp3) is 1.00. The van der Waals surface area contributed by atoms with Crippen LogP contribution in [0.4, 0.5) is 0 Å². The molecule has 5 heteroatoms. The lowest BCUT2D eigenvalue weighted by molar-refractivity contribution is 0.116. The van der Waals surface area contributed by atoms with Crippen LogP contribution >= 0.6 is 0 Å². The maximum atomic E-state index is 6.97. The Labute approximate surface area is 138 Å². The van der Waals surface area contributed by atoms with Gasteiger partial charge in [0, 0.05) is 6.61 Å². The van der Waals surface area contributed by atoms with Crippen molar-refractivity contribution in [3.05, 3.63) is 0 Å². The molecule has 0 N–H and O–H groups in total. The average Bonchev–Trinajstić information content (AvgIpc) is 3.01. The summed E-state index contributed by atoms with van der Waals surface area (Å²) in [5, 5.41) is 0.613. The molecule has 2 bridgehead atoms. The number of ether oxygens (including phenoxy) is 2. The average molecular weight is 343 g/mol. The van der Waals surface area contributed by atoms with E-state index in [9.17, 15) is 0 Å².